The first-order valence-electron chi connectivity index (χ1n) is 14.1. The maximum Gasteiger partial charge on any atom is 0.309 e. The minimum absolute atomic E-state index is 0.249. The van der Waals surface area contributed by atoms with Gasteiger partial charge in [-0.1, -0.05) is 53.7 Å². The van der Waals surface area contributed by atoms with Gasteiger partial charge >= 0.3 is 5.97 Å². The quantitative estimate of drug-likeness (QED) is 0.425. The van der Waals surface area contributed by atoms with Crippen molar-refractivity contribution in [2.45, 2.75) is 113 Å². The molecule has 5 rings (SSSR count). The molecule has 10 atom stereocenters. The average Bonchev–Trinajstić information content (AvgIpc) is 3.13. The zero-order chi connectivity index (χ0) is 24.2. The third-order valence-corrected chi connectivity index (χ3v) is 14.0. The van der Waals surface area contributed by atoms with E-state index in [-0.39, 0.29) is 11.3 Å². The Balaban J connectivity index is 1.57. The molecule has 0 radical (unpaired) electrons. The van der Waals surface area contributed by atoms with Gasteiger partial charge in [-0.05, 0) is 128 Å². The molecule has 33 heavy (non-hydrogen) atoms. The van der Waals surface area contributed by atoms with Crippen LogP contribution in [0.5, 0.6) is 0 Å². The van der Waals surface area contributed by atoms with Gasteiger partial charge in [0.05, 0.1) is 5.41 Å². The first-order valence-corrected chi connectivity index (χ1v) is 14.1. The predicted octanol–water partition coefficient (Wildman–Crippen LogP) is 8.36. The summed E-state index contributed by atoms with van der Waals surface area (Å²) in [6.45, 7) is 22.1. The van der Waals surface area contributed by atoms with Crippen molar-refractivity contribution < 1.29 is 9.90 Å². The molecule has 0 heterocycles. The van der Waals surface area contributed by atoms with E-state index >= 15 is 0 Å². The molecule has 0 aromatic carbocycles. The summed E-state index contributed by atoms with van der Waals surface area (Å²) in [6, 6.07) is 0. The molecule has 1 N–H and O–H groups in total. The zero-order valence-corrected chi connectivity index (χ0v) is 22.6. The lowest BCUT2D eigenvalue weighted by molar-refractivity contribution is -0.242. The molecule has 0 saturated heterocycles. The summed E-state index contributed by atoms with van der Waals surface area (Å²) >= 11 is 0. The van der Waals surface area contributed by atoms with Gasteiger partial charge in [-0.3, -0.25) is 4.79 Å². The van der Waals surface area contributed by atoms with Crippen LogP contribution in [0.4, 0.5) is 0 Å². The molecular weight excluding hydrogens is 404 g/mol. The van der Waals surface area contributed by atoms with Crippen molar-refractivity contribution >= 4 is 5.97 Å². The Morgan fingerprint density at radius 1 is 0.818 bits per heavy atom. The van der Waals surface area contributed by atoms with Gasteiger partial charge in [-0.25, -0.2) is 0 Å². The van der Waals surface area contributed by atoms with Crippen LogP contribution in [-0.4, -0.2) is 11.1 Å². The molecule has 4 unspecified atom stereocenters. The largest absolute Gasteiger partial charge is 0.481 e. The fourth-order valence-electron chi connectivity index (χ4n) is 11.7. The first-order chi connectivity index (χ1) is 15.3. The van der Waals surface area contributed by atoms with Gasteiger partial charge in [-0.15, -0.1) is 0 Å². The average molecular weight is 455 g/mol. The molecule has 2 heteroatoms. The molecule has 5 aliphatic carbocycles. The minimum Gasteiger partial charge on any atom is -0.481 e. The summed E-state index contributed by atoms with van der Waals surface area (Å²) in [7, 11) is 0. The van der Waals surface area contributed by atoms with Crippen molar-refractivity contribution in [2.24, 2.45) is 62.6 Å². The smallest absolute Gasteiger partial charge is 0.309 e. The van der Waals surface area contributed by atoms with Crippen LogP contribution in [0, 0.1) is 62.6 Å². The molecule has 0 spiro atoms. The van der Waals surface area contributed by atoms with Gasteiger partial charge in [0.2, 0.25) is 0 Å². The van der Waals surface area contributed by atoms with E-state index in [0.717, 1.165) is 43.4 Å². The number of fused-ring (bicyclic) bond motifs is 7. The Kier molecular flexibility index (Phi) is 5.17. The van der Waals surface area contributed by atoms with Crippen molar-refractivity contribution in [2.75, 3.05) is 0 Å². The Labute approximate surface area is 203 Å². The summed E-state index contributed by atoms with van der Waals surface area (Å²) in [4.78, 5) is 12.8. The third-order valence-electron chi connectivity index (χ3n) is 14.0. The van der Waals surface area contributed by atoms with E-state index in [0.29, 0.717) is 28.1 Å². The fraction of sp³-hybridized carbons (Fsp3) is 0.903. The van der Waals surface area contributed by atoms with Crippen LogP contribution < -0.4 is 0 Å². The molecule has 0 aliphatic heterocycles. The first kappa shape index (κ1) is 23.9. The lowest BCUT2D eigenvalue weighted by Crippen LogP contribution is -2.66. The Hall–Kier alpha value is -0.790. The van der Waals surface area contributed by atoms with Crippen LogP contribution in [0.2, 0.25) is 0 Å². The second-order valence-electron chi connectivity index (χ2n) is 14.9. The van der Waals surface area contributed by atoms with Gasteiger partial charge in [0.25, 0.3) is 0 Å². The monoisotopic (exact) mass is 454 g/mol. The minimum atomic E-state index is -0.510. The van der Waals surface area contributed by atoms with Crippen molar-refractivity contribution in [1.29, 1.82) is 0 Å². The van der Waals surface area contributed by atoms with E-state index in [1.807, 2.05) is 0 Å². The van der Waals surface area contributed by atoms with Gasteiger partial charge in [-0.2, -0.15) is 0 Å². The molecule has 0 bridgehead atoms. The molecule has 186 valence electrons. The standard InChI is InChI=1S/C31H50O2/c1-19(2)21-12-16-31(26(32)33)18-17-29(7)22(25(21)31)9-10-24-28(6)14-11-20(3)27(4,5)23(28)13-15-30(24,29)8/h20-25H,1,9-18H2,2-8H3,(H,32,33)/t20-,21-,22?,23?,24?,25?,28-,29+,30+,31-/m0/s1. The summed E-state index contributed by atoms with van der Waals surface area (Å²) < 4.78 is 0. The highest BCUT2D eigenvalue weighted by Gasteiger charge is 2.71. The summed E-state index contributed by atoms with van der Waals surface area (Å²) in [5, 5.41) is 10.5. The van der Waals surface area contributed by atoms with Crippen LogP contribution in [0.15, 0.2) is 12.2 Å². The van der Waals surface area contributed by atoms with E-state index in [1.165, 1.54) is 44.1 Å². The fourth-order valence-corrected chi connectivity index (χ4v) is 11.7. The lowest BCUT2D eigenvalue weighted by atomic mass is 9.32. The molecule has 5 aliphatic rings. The number of carboxylic acids is 1. The predicted molar refractivity (Wildman–Crippen MR) is 136 cm³/mol. The Morgan fingerprint density at radius 3 is 2.15 bits per heavy atom. The second kappa shape index (κ2) is 7.13. The van der Waals surface area contributed by atoms with E-state index in [2.05, 4.69) is 55.0 Å². The van der Waals surface area contributed by atoms with Crippen molar-refractivity contribution in [3.63, 3.8) is 0 Å². The van der Waals surface area contributed by atoms with E-state index < -0.39 is 11.4 Å². The summed E-state index contributed by atoms with van der Waals surface area (Å²) in [5.74, 6) is 3.12. The van der Waals surface area contributed by atoms with E-state index in [1.54, 1.807) is 0 Å². The zero-order valence-electron chi connectivity index (χ0n) is 22.6. The maximum absolute atomic E-state index is 12.8. The van der Waals surface area contributed by atoms with Crippen LogP contribution in [-0.2, 0) is 4.79 Å². The molecule has 2 nitrogen and oxygen atoms in total. The van der Waals surface area contributed by atoms with E-state index in [9.17, 15) is 9.90 Å². The summed E-state index contributed by atoms with van der Waals surface area (Å²) in [6.07, 6.45) is 11.9. The molecule has 0 aromatic rings. The van der Waals surface area contributed by atoms with Crippen molar-refractivity contribution in [3.8, 4) is 0 Å². The van der Waals surface area contributed by atoms with Crippen molar-refractivity contribution in [3.05, 3.63) is 12.2 Å². The molecule has 0 aromatic heterocycles. The SMILES string of the molecule is C=C(C)[C@@H]1CC[C@]2(C(=O)O)CC[C@]3(C)C(CCC4[C@@]5(C)CC[C@H](C)C(C)(C)C5CC[C@]43C)C12. The maximum atomic E-state index is 12.8. The molecule has 5 fully saturated rings. The molecule has 5 saturated carbocycles. The highest BCUT2D eigenvalue weighted by Crippen LogP contribution is 2.77. The number of rotatable bonds is 2. The highest BCUT2D eigenvalue weighted by atomic mass is 16.4. The number of hydrogen-bond acceptors (Lipinski definition) is 1. The Bertz CT molecular complexity index is 857. The normalized spacial score (nSPS) is 55.0. The van der Waals surface area contributed by atoms with E-state index in [4.69, 9.17) is 0 Å². The topological polar surface area (TPSA) is 37.3 Å². The van der Waals surface area contributed by atoms with Crippen LogP contribution in [0.1, 0.15) is 113 Å². The van der Waals surface area contributed by atoms with Crippen molar-refractivity contribution in [1.82, 2.24) is 0 Å². The number of hydrogen-bond donors (Lipinski definition) is 1. The van der Waals surface area contributed by atoms with Crippen LogP contribution in [0.25, 0.3) is 0 Å². The van der Waals surface area contributed by atoms with Gasteiger partial charge in [0, 0.05) is 0 Å². The van der Waals surface area contributed by atoms with Gasteiger partial charge in [0.15, 0.2) is 0 Å². The number of allylic oxidation sites excluding steroid dienone is 1. The highest BCUT2D eigenvalue weighted by molar-refractivity contribution is 5.76. The second-order valence-corrected chi connectivity index (χ2v) is 14.9. The lowest BCUT2D eigenvalue weighted by Gasteiger charge is -2.73. The van der Waals surface area contributed by atoms with Gasteiger partial charge in [0.1, 0.15) is 0 Å². The third kappa shape index (κ3) is 2.76. The summed E-state index contributed by atoms with van der Waals surface area (Å²) in [5.41, 5.74) is 2.16. The number of carbonyl (C=O) groups is 1. The molecule has 0 amide bonds. The number of aliphatic carboxylic acids is 1. The van der Waals surface area contributed by atoms with Gasteiger partial charge < -0.3 is 5.11 Å². The van der Waals surface area contributed by atoms with Crippen LogP contribution >= 0.6 is 0 Å². The molecular formula is C31H50O2. The Morgan fingerprint density at radius 2 is 1.52 bits per heavy atom. The van der Waals surface area contributed by atoms with Crippen LogP contribution in [0.3, 0.4) is 0 Å². The number of carboxylic acid groups (broad SMARTS) is 1.